The molecule has 0 aliphatic heterocycles. The molecule has 3 rings (SSSR count). The van der Waals surface area contributed by atoms with Gasteiger partial charge in [-0.1, -0.05) is 0 Å². The molecule has 0 saturated carbocycles. The second-order valence-electron chi connectivity index (χ2n) is 5.25. The maximum Gasteiger partial charge on any atom is 0.261 e. The molecule has 3 aromatic heterocycles. The van der Waals surface area contributed by atoms with E-state index < -0.39 is 0 Å². The molecule has 0 unspecified atom stereocenters. The molecule has 24 heavy (non-hydrogen) atoms. The van der Waals surface area contributed by atoms with Gasteiger partial charge in [0.15, 0.2) is 0 Å². The number of carbonyl (C=O) groups excluding carboxylic acids is 1. The van der Waals surface area contributed by atoms with E-state index in [4.69, 9.17) is 4.74 Å². The minimum Gasteiger partial charge on any atom is -0.480 e. The van der Waals surface area contributed by atoms with Gasteiger partial charge in [-0.25, -0.2) is 4.98 Å². The van der Waals surface area contributed by atoms with Crippen LogP contribution in [0.15, 0.2) is 49.1 Å². The van der Waals surface area contributed by atoms with E-state index in [2.05, 4.69) is 20.4 Å². The van der Waals surface area contributed by atoms with Gasteiger partial charge in [0.05, 0.1) is 25.5 Å². The molecule has 0 radical (unpaired) electrons. The van der Waals surface area contributed by atoms with E-state index in [0.29, 0.717) is 23.7 Å². The van der Waals surface area contributed by atoms with Gasteiger partial charge in [-0.15, -0.1) is 0 Å². The summed E-state index contributed by atoms with van der Waals surface area (Å²) in [6.07, 6.45) is 6.84. The zero-order valence-corrected chi connectivity index (χ0v) is 13.4. The summed E-state index contributed by atoms with van der Waals surface area (Å²) >= 11 is 0. The van der Waals surface area contributed by atoms with Crippen molar-refractivity contribution in [2.75, 3.05) is 12.4 Å². The minimum absolute atomic E-state index is 0.289. The van der Waals surface area contributed by atoms with Crippen molar-refractivity contribution in [1.29, 1.82) is 0 Å². The number of pyridine rings is 2. The molecular formula is C17H17N5O2. The third-order valence-corrected chi connectivity index (χ3v) is 3.42. The highest BCUT2D eigenvalue weighted by atomic mass is 16.5. The zero-order chi connectivity index (χ0) is 16.9. The van der Waals surface area contributed by atoms with Crippen molar-refractivity contribution in [3.05, 3.63) is 65.9 Å². The highest BCUT2D eigenvalue weighted by Crippen LogP contribution is 2.18. The molecule has 0 aromatic carbocycles. The average Bonchev–Trinajstić information content (AvgIpc) is 3.02. The summed E-state index contributed by atoms with van der Waals surface area (Å²) in [7, 11) is 1.49. The van der Waals surface area contributed by atoms with Gasteiger partial charge < -0.3 is 10.1 Å². The molecule has 0 saturated heterocycles. The van der Waals surface area contributed by atoms with Crippen LogP contribution in [0, 0.1) is 6.92 Å². The van der Waals surface area contributed by atoms with Crippen LogP contribution in [0.5, 0.6) is 5.88 Å². The smallest absolute Gasteiger partial charge is 0.261 e. The van der Waals surface area contributed by atoms with Crippen LogP contribution in [0.2, 0.25) is 0 Å². The molecule has 0 bridgehead atoms. The summed E-state index contributed by atoms with van der Waals surface area (Å²) in [6.45, 7) is 2.45. The van der Waals surface area contributed by atoms with Crippen molar-refractivity contribution in [3.8, 4) is 5.88 Å². The Morgan fingerprint density at radius 3 is 2.79 bits per heavy atom. The fourth-order valence-corrected chi connectivity index (χ4v) is 2.25. The Hall–Kier alpha value is -3.22. The molecule has 0 spiro atoms. The standard InChI is InChI=1S/C17H17N5O2/c1-12-3-4-15(17(20-12)24-2)16(23)21-14-9-19-22(11-14)10-13-5-7-18-8-6-13/h3-9,11H,10H2,1-2H3,(H,21,23). The fourth-order valence-electron chi connectivity index (χ4n) is 2.25. The van der Waals surface area contributed by atoms with Gasteiger partial charge in [0.1, 0.15) is 5.56 Å². The van der Waals surface area contributed by atoms with Crippen molar-refractivity contribution < 1.29 is 9.53 Å². The number of ether oxygens (including phenoxy) is 1. The van der Waals surface area contributed by atoms with Gasteiger partial charge in [-0.2, -0.15) is 5.10 Å². The topological polar surface area (TPSA) is 81.9 Å². The maximum atomic E-state index is 12.4. The van der Waals surface area contributed by atoms with E-state index in [1.807, 2.05) is 19.1 Å². The lowest BCUT2D eigenvalue weighted by molar-refractivity contribution is 0.102. The predicted octanol–water partition coefficient (Wildman–Crippen LogP) is 2.29. The van der Waals surface area contributed by atoms with Gasteiger partial charge >= 0.3 is 0 Å². The van der Waals surface area contributed by atoms with Crippen molar-refractivity contribution >= 4 is 11.6 Å². The van der Waals surface area contributed by atoms with Gasteiger partial charge in [0.2, 0.25) is 5.88 Å². The second kappa shape index (κ2) is 6.91. The second-order valence-corrected chi connectivity index (χ2v) is 5.25. The number of amides is 1. The summed E-state index contributed by atoms with van der Waals surface area (Å²) in [6, 6.07) is 7.30. The predicted molar refractivity (Wildman–Crippen MR) is 89.0 cm³/mol. The monoisotopic (exact) mass is 323 g/mol. The summed E-state index contributed by atoms with van der Waals surface area (Å²) in [5.41, 5.74) is 2.85. The number of hydrogen-bond donors (Lipinski definition) is 1. The van der Waals surface area contributed by atoms with Gasteiger partial charge in [-0.05, 0) is 36.8 Å². The van der Waals surface area contributed by atoms with Crippen LogP contribution < -0.4 is 10.1 Å². The summed E-state index contributed by atoms with van der Waals surface area (Å²) < 4.78 is 6.92. The number of rotatable bonds is 5. The zero-order valence-electron chi connectivity index (χ0n) is 13.4. The molecule has 0 atom stereocenters. The van der Waals surface area contributed by atoms with Crippen LogP contribution in [0.25, 0.3) is 0 Å². The number of aromatic nitrogens is 4. The van der Waals surface area contributed by atoms with E-state index in [-0.39, 0.29) is 5.91 Å². The number of methoxy groups -OCH3 is 1. The molecule has 7 nitrogen and oxygen atoms in total. The van der Waals surface area contributed by atoms with Crippen LogP contribution in [0.3, 0.4) is 0 Å². The summed E-state index contributed by atoms with van der Waals surface area (Å²) in [5, 5.41) is 7.05. The first-order valence-electron chi connectivity index (χ1n) is 7.40. The van der Waals surface area contributed by atoms with E-state index in [1.165, 1.54) is 7.11 Å². The maximum absolute atomic E-state index is 12.4. The van der Waals surface area contributed by atoms with Gasteiger partial charge in [0, 0.05) is 24.3 Å². The Morgan fingerprint density at radius 1 is 1.25 bits per heavy atom. The summed E-state index contributed by atoms with van der Waals surface area (Å²) in [5.74, 6) is 0.0134. The Bertz CT molecular complexity index is 845. The fraction of sp³-hybridized carbons (Fsp3) is 0.176. The summed E-state index contributed by atoms with van der Waals surface area (Å²) in [4.78, 5) is 20.6. The first kappa shape index (κ1) is 15.7. The van der Waals surface area contributed by atoms with Crippen molar-refractivity contribution in [3.63, 3.8) is 0 Å². The largest absolute Gasteiger partial charge is 0.480 e. The number of nitrogens with one attached hydrogen (secondary N) is 1. The Balaban J connectivity index is 1.71. The van der Waals surface area contributed by atoms with Crippen LogP contribution in [0.4, 0.5) is 5.69 Å². The highest BCUT2D eigenvalue weighted by molar-refractivity contribution is 6.05. The molecule has 0 aliphatic carbocycles. The first-order valence-corrected chi connectivity index (χ1v) is 7.40. The molecular weight excluding hydrogens is 306 g/mol. The SMILES string of the molecule is COc1nc(C)ccc1C(=O)Nc1cnn(Cc2ccncc2)c1. The van der Waals surface area contributed by atoms with E-state index in [0.717, 1.165) is 11.3 Å². The lowest BCUT2D eigenvalue weighted by Crippen LogP contribution is -2.13. The van der Waals surface area contributed by atoms with Crippen LogP contribution in [-0.4, -0.2) is 32.8 Å². The molecule has 0 aliphatic rings. The normalized spacial score (nSPS) is 10.4. The molecule has 3 aromatic rings. The minimum atomic E-state index is -0.289. The van der Waals surface area contributed by atoms with Gasteiger partial charge in [0.25, 0.3) is 5.91 Å². The Morgan fingerprint density at radius 2 is 2.04 bits per heavy atom. The number of nitrogens with zero attached hydrogens (tertiary/aromatic N) is 4. The van der Waals surface area contributed by atoms with E-state index >= 15 is 0 Å². The molecule has 3 heterocycles. The average molecular weight is 323 g/mol. The Labute approximate surface area is 139 Å². The number of anilines is 1. The lowest BCUT2D eigenvalue weighted by atomic mass is 10.2. The first-order chi connectivity index (χ1) is 11.7. The van der Waals surface area contributed by atoms with E-state index in [1.54, 1.807) is 41.6 Å². The van der Waals surface area contributed by atoms with Crippen LogP contribution in [-0.2, 0) is 6.54 Å². The van der Waals surface area contributed by atoms with Crippen molar-refractivity contribution in [2.45, 2.75) is 13.5 Å². The Kier molecular flexibility index (Phi) is 4.51. The number of hydrogen-bond acceptors (Lipinski definition) is 5. The lowest BCUT2D eigenvalue weighted by Gasteiger charge is -2.07. The van der Waals surface area contributed by atoms with Gasteiger partial charge in [-0.3, -0.25) is 14.5 Å². The number of aryl methyl sites for hydroxylation is 1. The van der Waals surface area contributed by atoms with Crippen LogP contribution in [0.1, 0.15) is 21.6 Å². The molecule has 1 amide bonds. The third kappa shape index (κ3) is 3.57. The van der Waals surface area contributed by atoms with Crippen molar-refractivity contribution in [1.82, 2.24) is 19.7 Å². The quantitative estimate of drug-likeness (QED) is 0.779. The third-order valence-electron chi connectivity index (χ3n) is 3.42. The molecule has 122 valence electrons. The molecule has 1 N–H and O–H groups in total. The molecule has 7 heteroatoms. The molecule has 0 fully saturated rings. The van der Waals surface area contributed by atoms with E-state index in [9.17, 15) is 4.79 Å². The highest BCUT2D eigenvalue weighted by Gasteiger charge is 2.14. The van der Waals surface area contributed by atoms with Crippen molar-refractivity contribution in [2.24, 2.45) is 0 Å². The van der Waals surface area contributed by atoms with Crippen LogP contribution >= 0.6 is 0 Å². The number of carbonyl (C=O) groups is 1.